The number of nitrogens with zero attached hydrogens (tertiary/aromatic N) is 1. The maximum Gasteiger partial charge on any atom is 0.220 e. The zero-order valence-electron chi connectivity index (χ0n) is 9.89. The lowest BCUT2D eigenvalue weighted by molar-refractivity contribution is -0.121. The van der Waals surface area contributed by atoms with Crippen molar-refractivity contribution in [2.45, 2.75) is 33.1 Å². The van der Waals surface area contributed by atoms with Crippen LogP contribution in [0.3, 0.4) is 0 Å². The molecule has 0 saturated heterocycles. The van der Waals surface area contributed by atoms with Gasteiger partial charge in [-0.05, 0) is 25.9 Å². The number of rotatable bonds is 9. The molecule has 0 bridgehead atoms. The second-order valence-corrected chi connectivity index (χ2v) is 3.90. The molecule has 0 fully saturated rings. The van der Waals surface area contributed by atoms with Crippen molar-refractivity contribution in [3.05, 3.63) is 0 Å². The molecule has 90 valence electrons. The van der Waals surface area contributed by atoms with E-state index in [2.05, 4.69) is 24.1 Å². The Morgan fingerprint density at radius 3 is 2.47 bits per heavy atom. The van der Waals surface area contributed by atoms with Gasteiger partial charge in [0.05, 0.1) is 0 Å². The first-order valence-electron chi connectivity index (χ1n) is 5.79. The number of unbranched alkanes of at least 4 members (excludes halogenated alkanes) is 1. The summed E-state index contributed by atoms with van der Waals surface area (Å²) in [7, 11) is 0. The van der Waals surface area contributed by atoms with Crippen molar-refractivity contribution in [3.63, 3.8) is 0 Å². The number of carbonyl (C=O) groups is 1. The summed E-state index contributed by atoms with van der Waals surface area (Å²) in [5.74, 6) is 0.791. The fourth-order valence-corrected chi connectivity index (χ4v) is 1.55. The van der Waals surface area contributed by atoms with Crippen molar-refractivity contribution in [2.75, 3.05) is 32.1 Å². The first-order chi connectivity index (χ1) is 7.24. The van der Waals surface area contributed by atoms with Gasteiger partial charge in [0.2, 0.25) is 5.91 Å². The highest BCUT2D eigenvalue weighted by Gasteiger charge is 2.02. The van der Waals surface area contributed by atoms with Crippen molar-refractivity contribution in [3.8, 4) is 0 Å². The van der Waals surface area contributed by atoms with Crippen molar-refractivity contribution >= 4 is 17.5 Å². The molecule has 0 aromatic heterocycles. The third-order valence-electron chi connectivity index (χ3n) is 2.43. The average Bonchev–Trinajstić information content (AvgIpc) is 2.25. The van der Waals surface area contributed by atoms with Crippen LogP contribution in [0.2, 0.25) is 0 Å². The molecule has 15 heavy (non-hydrogen) atoms. The van der Waals surface area contributed by atoms with Crippen LogP contribution in [0.15, 0.2) is 0 Å². The molecule has 0 atom stereocenters. The number of halogens is 1. The smallest absolute Gasteiger partial charge is 0.220 e. The van der Waals surface area contributed by atoms with Gasteiger partial charge < -0.3 is 10.2 Å². The van der Waals surface area contributed by atoms with Crippen LogP contribution >= 0.6 is 11.6 Å². The van der Waals surface area contributed by atoms with E-state index in [0.717, 1.165) is 39.0 Å². The molecule has 0 heterocycles. The Kier molecular flexibility index (Phi) is 10.1. The Bertz CT molecular complexity index is 161. The highest BCUT2D eigenvalue weighted by Crippen LogP contribution is 1.96. The standard InChI is InChI=1S/C11H23ClN2O/c1-3-14(4-2)10-9-13-11(15)7-5-6-8-12/h3-10H2,1-2H3,(H,13,15). The molecule has 1 amide bonds. The van der Waals surface area contributed by atoms with E-state index >= 15 is 0 Å². The summed E-state index contributed by atoms with van der Waals surface area (Å²) in [6.07, 6.45) is 2.41. The number of likely N-dealkylation sites (N-methyl/N-ethyl adjacent to an activating group) is 1. The van der Waals surface area contributed by atoms with Crippen LogP contribution in [0.4, 0.5) is 0 Å². The minimum absolute atomic E-state index is 0.146. The average molecular weight is 235 g/mol. The Labute approximate surface area is 98.2 Å². The van der Waals surface area contributed by atoms with Gasteiger partial charge in [-0.25, -0.2) is 0 Å². The number of hydrogen-bond acceptors (Lipinski definition) is 2. The van der Waals surface area contributed by atoms with E-state index in [9.17, 15) is 4.79 Å². The molecule has 0 unspecified atom stereocenters. The highest BCUT2D eigenvalue weighted by molar-refractivity contribution is 6.17. The minimum atomic E-state index is 0.146. The molecule has 0 spiro atoms. The molecular formula is C11H23ClN2O. The second kappa shape index (κ2) is 10.2. The van der Waals surface area contributed by atoms with Crippen molar-refractivity contribution in [1.29, 1.82) is 0 Å². The summed E-state index contributed by atoms with van der Waals surface area (Å²) in [5, 5.41) is 2.92. The highest BCUT2D eigenvalue weighted by atomic mass is 35.5. The van der Waals surface area contributed by atoms with Crippen molar-refractivity contribution < 1.29 is 4.79 Å². The predicted octanol–water partition coefficient (Wildman–Crippen LogP) is 1.85. The van der Waals surface area contributed by atoms with Gasteiger partial charge >= 0.3 is 0 Å². The lowest BCUT2D eigenvalue weighted by atomic mass is 10.2. The Hall–Kier alpha value is -0.280. The van der Waals surface area contributed by atoms with E-state index in [4.69, 9.17) is 11.6 Å². The molecule has 0 saturated carbocycles. The summed E-state index contributed by atoms with van der Waals surface area (Å²) < 4.78 is 0. The molecule has 0 aromatic rings. The van der Waals surface area contributed by atoms with Crippen LogP contribution in [0, 0.1) is 0 Å². The van der Waals surface area contributed by atoms with E-state index in [0.29, 0.717) is 12.3 Å². The van der Waals surface area contributed by atoms with Crippen LogP contribution in [0.1, 0.15) is 33.1 Å². The second-order valence-electron chi connectivity index (χ2n) is 3.52. The predicted molar refractivity (Wildman–Crippen MR) is 65.4 cm³/mol. The van der Waals surface area contributed by atoms with Crippen LogP contribution in [0.25, 0.3) is 0 Å². The Morgan fingerprint density at radius 2 is 1.93 bits per heavy atom. The van der Waals surface area contributed by atoms with Crippen LogP contribution in [0.5, 0.6) is 0 Å². The zero-order chi connectivity index (χ0) is 11.5. The molecule has 0 rings (SSSR count). The normalized spacial score (nSPS) is 10.7. The van der Waals surface area contributed by atoms with Crippen LogP contribution < -0.4 is 5.32 Å². The van der Waals surface area contributed by atoms with E-state index in [1.165, 1.54) is 0 Å². The number of carbonyl (C=O) groups excluding carboxylic acids is 1. The molecular weight excluding hydrogens is 212 g/mol. The lowest BCUT2D eigenvalue weighted by Gasteiger charge is -2.17. The first kappa shape index (κ1) is 14.7. The molecule has 4 heteroatoms. The fourth-order valence-electron chi connectivity index (χ4n) is 1.36. The van der Waals surface area contributed by atoms with Gasteiger partial charge in [0, 0.05) is 25.4 Å². The maximum absolute atomic E-state index is 11.3. The summed E-state index contributed by atoms with van der Waals surface area (Å²) >= 11 is 5.53. The SMILES string of the molecule is CCN(CC)CCNC(=O)CCCCCl. The monoisotopic (exact) mass is 234 g/mol. The number of alkyl halides is 1. The maximum atomic E-state index is 11.3. The summed E-state index contributed by atoms with van der Waals surface area (Å²) in [4.78, 5) is 13.6. The van der Waals surface area contributed by atoms with Crippen LogP contribution in [-0.2, 0) is 4.79 Å². The van der Waals surface area contributed by atoms with Gasteiger partial charge in [-0.15, -0.1) is 11.6 Å². The van der Waals surface area contributed by atoms with Gasteiger partial charge in [0.25, 0.3) is 0 Å². The molecule has 0 aliphatic heterocycles. The van der Waals surface area contributed by atoms with E-state index < -0.39 is 0 Å². The van der Waals surface area contributed by atoms with E-state index in [1.54, 1.807) is 0 Å². The zero-order valence-corrected chi connectivity index (χ0v) is 10.6. The molecule has 0 aromatic carbocycles. The third kappa shape index (κ3) is 8.70. The molecule has 3 nitrogen and oxygen atoms in total. The quantitative estimate of drug-likeness (QED) is 0.488. The molecule has 0 aliphatic rings. The Balaban J connectivity index is 3.37. The summed E-state index contributed by atoms with van der Waals surface area (Å²) in [6, 6.07) is 0. The summed E-state index contributed by atoms with van der Waals surface area (Å²) in [5.41, 5.74) is 0. The lowest BCUT2D eigenvalue weighted by Crippen LogP contribution is -2.34. The first-order valence-corrected chi connectivity index (χ1v) is 6.33. The van der Waals surface area contributed by atoms with Gasteiger partial charge in [-0.3, -0.25) is 4.79 Å². The fraction of sp³-hybridized carbons (Fsp3) is 0.909. The molecule has 0 radical (unpaired) electrons. The van der Waals surface area contributed by atoms with Gasteiger partial charge in [-0.2, -0.15) is 0 Å². The third-order valence-corrected chi connectivity index (χ3v) is 2.70. The Morgan fingerprint density at radius 1 is 1.27 bits per heavy atom. The molecule has 1 N–H and O–H groups in total. The number of nitrogens with one attached hydrogen (secondary N) is 1. The number of amides is 1. The topological polar surface area (TPSA) is 32.3 Å². The number of hydrogen-bond donors (Lipinski definition) is 1. The minimum Gasteiger partial charge on any atom is -0.355 e. The van der Waals surface area contributed by atoms with Crippen molar-refractivity contribution in [2.24, 2.45) is 0 Å². The van der Waals surface area contributed by atoms with Gasteiger partial charge in [-0.1, -0.05) is 13.8 Å². The van der Waals surface area contributed by atoms with E-state index in [-0.39, 0.29) is 5.91 Å². The largest absolute Gasteiger partial charge is 0.355 e. The van der Waals surface area contributed by atoms with Gasteiger partial charge in [0.1, 0.15) is 0 Å². The van der Waals surface area contributed by atoms with E-state index in [1.807, 2.05) is 0 Å². The van der Waals surface area contributed by atoms with Crippen LogP contribution in [-0.4, -0.2) is 42.9 Å². The van der Waals surface area contributed by atoms with Gasteiger partial charge in [0.15, 0.2) is 0 Å². The molecule has 0 aliphatic carbocycles. The van der Waals surface area contributed by atoms with Crippen molar-refractivity contribution in [1.82, 2.24) is 10.2 Å². The summed E-state index contributed by atoms with van der Waals surface area (Å²) in [6.45, 7) is 8.03.